The van der Waals surface area contributed by atoms with Gasteiger partial charge in [-0.15, -0.1) is 0 Å². The number of carbonyl (C=O) groups excluding carboxylic acids is 1. The number of alkyl halides is 2. The first kappa shape index (κ1) is 12.1. The molecule has 0 atom stereocenters. The summed E-state index contributed by atoms with van der Waals surface area (Å²) in [6, 6.07) is 1.34. The second-order valence-electron chi connectivity index (χ2n) is 2.80. The summed E-state index contributed by atoms with van der Waals surface area (Å²) in [5.41, 5.74) is 0.128. The minimum absolute atomic E-state index is 0.128. The lowest BCUT2D eigenvalue weighted by atomic mass is 10.3. The summed E-state index contributed by atoms with van der Waals surface area (Å²) in [4.78, 5) is 11.3. The smallest absolute Gasteiger partial charge is 0.287 e. The van der Waals surface area contributed by atoms with E-state index in [-0.39, 0.29) is 10.2 Å². The third kappa shape index (κ3) is 3.28. The van der Waals surface area contributed by atoms with Crippen LogP contribution in [0.15, 0.2) is 21.4 Å². The zero-order valence-electron chi connectivity index (χ0n) is 7.47. The number of hydrogen-bond acceptors (Lipinski definition) is 3. The number of aliphatic hydroxyl groups excluding tert-OH is 1. The summed E-state index contributed by atoms with van der Waals surface area (Å²) in [5.74, 6) is -4.00. The molecule has 1 aromatic heterocycles. The van der Waals surface area contributed by atoms with Gasteiger partial charge in [0, 0.05) is 0 Å². The molecule has 0 saturated heterocycles. The maximum Gasteiger partial charge on any atom is 0.287 e. The highest BCUT2D eigenvalue weighted by Gasteiger charge is 2.28. The van der Waals surface area contributed by atoms with Gasteiger partial charge in [-0.25, -0.2) is 8.78 Å². The predicted octanol–water partition coefficient (Wildman–Crippen LogP) is 1.40. The molecule has 0 spiro atoms. The first-order valence-electron chi connectivity index (χ1n) is 3.96. The fraction of sp³-hybridized carbons (Fsp3) is 0.375. The van der Waals surface area contributed by atoms with Gasteiger partial charge in [-0.1, -0.05) is 0 Å². The molecule has 84 valence electrons. The number of halogens is 3. The minimum Gasteiger partial charge on any atom is -0.457 e. The summed E-state index contributed by atoms with van der Waals surface area (Å²) in [6.45, 7) is -2.22. The van der Waals surface area contributed by atoms with Crippen LogP contribution in [0.5, 0.6) is 0 Å². The third-order valence-corrected chi connectivity index (χ3v) is 2.22. The van der Waals surface area contributed by atoms with Gasteiger partial charge in [0.15, 0.2) is 4.67 Å². The van der Waals surface area contributed by atoms with E-state index in [4.69, 9.17) is 9.52 Å². The molecule has 0 aliphatic rings. The van der Waals surface area contributed by atoms with Crippen LogP contribution in [0.3, 0.4) is 0 Å². The molecule has 7 heteroatoms. The molecule has 0 unspecified atom stereocenters. The van der Waals surface area contributed by atoms with E-state index in [0.29, 0.717) is 0 Å². The predicted molar refractivity (Wildman–Crippen MR) is 50.8 cm³/mol. The molecule has 0 saturated carbocycles. The largest absolute Gasteiger partial charge is 0.457 e. The Morgan fingerprint density at radius 3 is 2.80 bits per heavy atom. The van der Waals surface area contributed by atoms with E-state index in [1.165, 1.54) is 12.3 Å². The van der Waals surface area contributed by atoms with Crippen molar-refractivity contribution in [1.82, 2.24) is 5.32 Å². The number of carbonyl (C=O) groups is 1. The SMILES string of the molecule is O=C(NCC(F)(F)CO)c1ccoc1Br. The second kappa shape index (κ2) is 4.71. The molecule has 1 amide bonds. The van der Waals surface area contributed by atoms with Crippen LogP contribution in [0.1, 0.15) is 10.4 Å². The average Bonchev–Trinajstić information content (AvgIpc) is 2.61. The summed E-state index contributed by atoms with van der Waals surface area (Å²) in [7, 11) is 0. The van der Waals surface area contributed by atoms with Gasteiger partial charge < -0.3 is 14.8 Å². The Bertz CT molecular complexity index is 353. The quantitative estimate of drug-likeness (QED) is 0.878. The normalized spacial score (nSPS) is 11.5. The Balaban J connectivity index is 2.55. The lowest BCUT2D eigenvalue weighted by Gasteiger charge is -2.13. The fourth-order valence-corrected chi connectivity index (χ4v) is 1.24. The lowest BCUT2D eigenvalue weighted by molar-refractivity contribution is -0.0462. The summed E-state index contributed by atoms with van der Waals surface area (Å²) in [6.07, 6.45) is 1.25. The van der Waals surface area contributed by atoms with Crippen molar-refractivity contribution in [2.24, 2.45) is 0 Å². The van der Waals surface area contributed by atoms with Gasteiger partial charge in [-0.05, 0) is 22.0 Å². The molecule has 0 radical (unpaired) electrons. The zero-order valence-corrected chi connectivity index (χ0v) is 9.05. The molecule has 0 bridgehead atoms. The molecule has 0 aromatic carbocycles. The van der Waals surface area contributed by atoms with E-state index < -0.39 is 25.0 Å². The molecule has 0 aliphatic heterocycles. The molecular formula is C8H8BrF2NO3. The van der Waals surface area contributed by atoms with Crippen molar-refractivity contribution in [2.75, 3.05) is 13.2 Å². The van der Waals surface area contributed by atoms with Crippen molar-refractivity contribution in [3.8, 4) is 0 Å². The monoisotopic (exact) mass is 283 g/mol. The van der Waals surface area contributed by atoms with E-state index >= 15 is 0 Å². The van der Waals surface area contributed by atoms with Crippen LogP contribution in [0, 0.1) is 0 Å². The number of aliphatic hydroxyl groups is 1. The van der Waals surface area contributed by atoms with E-state index in [1.807, 2.05) is 5.32 Å². The first-order chi connectivity index (χ1) is 6.96. The zero-order chi connectivity index (χ0) is 11.5. The topological polar surface area (TPSA) is 62.5 Å². The van der Waals surface area contributed by atoms with Crippen molar-refractivity contribution in [2.45, 2.75) is 5.92 Å². The highest BCUT2D eigenvalue weighted by atomic mass is 79.9. The summed E-state index contributed by atoms with van der Waals surface area (Å²) >= 11 is 2.94. The van der Waals surface area contributed by atoms with Crippen LogP contribution in [-0.4, -0.2) is 30.1 Å². The molecule has 15 heavy (non-hydrogen) atoms. The molecule has 4 nitrogen and oxygen atoms in total. The van der Waals surface area contributed by atoms with Crippen LogP contribution >= 0.6 is 15.9 Å². The van der Waals surface area contributed by atoms with Crippen molar-refractivity contribution in [1.29, 1.82) is 0 Å². The number of rotatable bonds is 4. The Morgan fingerprint density at radius 1 is 1.67 bits per heavy atom. The number of hydrogen-bond donors (Lipinski definition) is 2. The lowest BCUT2D eigenvalue weighted by Crippen LogP contribution is -2.38. The molecule has 2 N–H and O–H groups in total. The highest BCUT2D eigenvalue weighted by molar-refractivity contribution is 9.10. The van der Waals surface area contributed by atoms with Crippen molar-refractivity contribution in [3.05, 3.63) is 22.6 Å². The highest BCUT2D eigenvalue weighted by Crippen LogP contribution is 2.17. The van der Waals surface area contributed by atoms with Gasteiger partial charge in [0.2, 0.25) is 0 Å². The minimum atomic E-state index is -3.31. The first-order valence-corrected chi connectivity index (χ1v) is 4.75. The average molecular weight is 284 g/mol. The number of amides is 1. The van der Waals surface area contributed by atoms with E-state index in [9.17, 15) is 13.6 Å². The van der Waals surface area contributed by atoms with Crippen LogP contribution in [0.25, 0.3) is 0 Å². The fourth-order valence-electron chi connectivity index (χ4n) is 0.816. The Labute approximate surface area is 92.4 Å². The van der Waals surface area contributed by atoms with E-state index in [1.54, 1.807) is 0 Å². The molecular weight excluding hydrogens is 276 g/mol. The summed E-state index contributed by atoms with van der Waals surface area (Å²) in [5, 5.41) is 10.2. The number of furan rings is 1. The maximum absolute atomic E-state index is 12.6. The summed E-state index contributed by atoms with van der Waals surface area (Å²) < 4.78 is 30.0. The Kier molecular flexibility index (Phi) is 3.81. The van der Waals surface area contributed by atoms with Gasteiger partial charge in [-0.2, -0.15) is 0 Å². The second-order valence-corrected chi connectivity index (χ2v) is 3.52. The van der Waals surface area contributed by atoms with Crippen molar-refractivity contribution < 1.29 is 23.1 Å². The maximum atomic E-state index is 12.6. The standard InChI is InChI=1S/C8H8BrF2NO3/c9-6-5(1-2-15-6)7(14)12-3-8(10,11)4-13/h1-2,13H,3-4H2,(H,12,14). The van der Waals surface area contributed by atoms with E-state index in [0.717, 1.165) is 0 Å². The molecule has 0 aliphatic carbocycles. The van der Waals surface area contributed by atoms with Gasteiger partial charge in [0.1, 0.15) is 6.61 Å². The van der Waals surface area contributed by atoms with Crippen molar-refractivity contribution in [3.63, 3.8) is 0 Å². The van der Waals surface area contributed by atoms with Gasteiger partial charge >= 0.3 is 0 Å². The van der Waals surface area contributed by atoms with Gasteiger partial charge in [-0.3, -0.25) is 4.79 Å². The molecule has 1 rings (SSSR count). The van der Waals surface area contributed by atoms with Crippen LogP contribution < -0.4 is 5.32 Å². The van der Waals surface area contributed by atoms with Crippen LogP contribution in [0.4, 0.5) is 8.78 Å². The van der Waals surface area contributed by atoms with E-state index in [2.05, 4.69) is 15.9 Å². The van der Waals surface area contributed by atoms with Gasteiger partial charge in [0.05, 0.1) is 18.4 Å². The Morgan fingerprint density at radius 2 is 2.33 bits per heavy atom. The van der Waals surface area contributed by atoms with Gasteiger partial charge in [0.25, 0.3) is 11.8 Å². The Hall–Kier alpha value is -0.950. The van der Waals surface area contributed by atoms with Crippen LogP contribution in [-0.2, 0) is 0 Å². The van der Waals surface area contributed by atoms with Crippen molar-refractivity contribution >= 4 is 21.8 Å². The molecule has 1 aromatic rings. The molecule has 0 fully saturated rings. The third-order valence-electron chi connectivity index (χ3n) is 1.60. The molecule has 1 heterocycles. The van der Waals surface area contributed by atoms with Crippen LogP contribution in [0.2, 0.25) is 0 Å². The number of nitrogens with one attached hydrogen (secondary N) is 1.